The number of hydrogen-bond donors (Lipinski definition) is 4. The van der Waals surface area contributed by atoms with Crippen molar-refractivity contribution in [2.24, 2.45) is 0 Å². The van der Waals surface area contributed by atoms with Crippen LogP contribution in [0.3, 0.4) is 0 Å². The maximum absolute atomic E-state index is 13.6. The van der Waals surface area contributed by atoms with Crippen LogP contribution < -0.4 is 15.4 Å². The molecule has 4 rings (SSSR count). The second-order valence-electron chi connectivity index (χ2n) is 12.4. The first-order chi connectivity index (χ1) is 20.6. The first-order valence-electron chi connectivity index (χ1n) is 14.6. The fraction of sp³-hybridized carbons (Fsp3) is 0.452. The lowest BCUT2D eigenvalue weighted by molar-refractivity contribution is 0.0906. The van der Waals surface area contributed by atoms with Gasteiger partial charge in [-0.15, -0.1) is 11.3 Å². The van der Waals surface area contributed by atoms with Crippen molar-refractivity contribution in [2.45, 2.75) is 95.3 Å². The minimum absolute atomic E-state index is 0.0108. The molecule has 2 aromatic carbocycles. The van der Waals surface area contributed by atoms with Gasteiger partial charge in [-0.05, 0) is 90.1 Å². The maximum atomic E-state index is 13.6. The molecule has 238 valence electrons. The van der Waals surface area contributed by atoms with Gasteiger partial charge in [0.05, 0.1) is 14.8 Å². The molecule has 0 bridgehead atoms. The molecule has 13 heteroatoms. The zero-order valence-corrected chi connectivity index (χ0v) is 27.2. The number of hydrogen-bond acceptors (Lipinski definition) is 6. The number of nitrogens with zero attached hydrogens (tertiary/aromatic N) is 2. The number of sulfonamides is 1. The molecule has 3 aromatic rings. The maximum Gasteiger partial charge on any atom is 0.407 e. The van der Waals surface area contributed by atoms with E-state index < -0.39 is 27.7 Å². The third kappa shape index (κ3) is 8.54. The second-order valence-corrected chi connectivity index (χ2v) is 15.1. The standard InChI is InChI=1S/C31H40FN5O5S2/c1-19(2)37(30(39)40)24-13-8-21(9-14-24)28-33-18-26(43-28)25-15-12-23(16-27(25)44(41,42)36-31(3,4)5)35-29(38)34-17-20-6-10-22(32)11-7-20/h6-7,10-12,15-16,18-19,21,24,36H,8-9,13-14,17H2,1-5H3,(H,39,40)(H2,34,35,38)/t21-,24-. The van der Waals surface area contributed by atoms with Gasteiger partial charge in [0.2, 0.25) is 10.0 Å². The zero-order valence-electron chi connectivity index (χ0n) is 25.6. The molecule has 3 amide bonds. The Bertz CT molecular complexity index is 1580. The zero-order chi connectivity index (χ0) is 32.2. The predicted molar refractivity (Wildman–Crippen MR) is 170 cm³/mol. The molecule has 1 saturated carbocycles. The molecular weight excluding hydrogens is 606 g/mol. The number of urea groups is 1. The molecule has 10 nitrogen and oxygen atoms in total. The van der Waals surface area contributed by atoms with Gasteiger partial charge in [0, 0.05) is 47.5 Å². The molecule has 0 atom stereocenters. The highest BCUT2D eigenvalue weighted by Crippen LogP contribution is 2.41. The summed E-state index contributed by atoms with van der Waals surface area (Å²) in [4.78, 5) is 31.2. The quantitative estimate of drug-likeness (QED) is 0.203. The predicted octanol–water partition coefficient (Wildman–Crippen LogP) is 6.76. The summed E-state index contributed by atoms with van der Waals surface area (Å²) in [7, 11) is -4.00. The summed E-state index contributed by atoms with van der Waals surface area (Å²) in [6, 6.07) is 9.82. The van der Waals surface area contributed by atoms with Crippen LogP contribution in [0.25, 0.3) is 10.4 Å². The van der Waals surface area contributed by atoms with Gasteiger partial charge >= 0.3 is 12.1 Å². The van der Waals surface area contributed by atoms with E-state index in [1.807, 2.05) is 13.8 Å². The number of amides is 3. The van der Waals surface area contributed by atoms with Crippen molar-refractivity contribution >= 4 is 39.2 Å². The van der Waals surface area contributed by atoms with Gasteiger partial charge in [0.15, 0.2) is 0 Å². The van der Waals surface area contributed by atoms with Crippen LogP contribution in [0, 0.1) is 5.82 Å². The lowest BCUT2D eigenvalue weighted by Gasteiger charge is -2.37. The van der Waals surface area contributed by atoms with Crippen molar-refractivity contribution in [1.82, 2.24) is 19.9 Å². The van der Waals surface area contributed by atoms with Gasteiger partial charge in [0.1, 0.15) is 5.82 Å². The Morgan fingerprint density at radius 2 is 1.75 bits per heavy atom. The summed E-state index contributed by atoms with van der Waals surface area (Å²) in [5, 5.41) is 15.9. The Kier molecular flexibility index (Phi) is 10.3. The number of nitrogens with one attached hydrogen (secondary N) is 3. The first kappa shape index (κ1) is 33.3. The van der Waals surface area contributed by atoms with E-state index in [1.165, 1.54) is 34.4 Å². The molecule has 1 aliphatic rings. The number of anilines is 1. The van der Waals surface area contributed by atoms with Crippen LogP contribution in [0.2, 0.25) is 0 Å². The molecule has 1 aliphatic carbocycles. The van der Waals surface area contributed by atoms with E-state index in [0.717, 1.165) is 30.7 Å². The van der Waals surface area contributed by atoms with Gasteiger partial charge < -0.3 is 20.6 Å². The molecule has 1 aromatic heterocycles. The third-order valence-corrected chi connectivity index (χ3v) is 10.3. The fourth-order valence-corrected chi connectivity index (χ4v) is 8.30. The van der Waals surface area contributed by atoms with E-state index in [4.69, 9.17) is 0 Å². The fourth-order valence-electron chi connectivity index (χ4n) is 5.44. The minimum Gasteiger partial charge on any atom is -0.465 e. The molecule has 0 saturated heterocycles. The van der Waals surface area contributed by atoms with Crippen LogP contribution in [0.4, 0.5) is 19.7 Å². The summed E-state index contributed by atoms with van der Waals surface area (Å²) in [5.74, 6) is -0.212. The third-order valence-electron chi connectivity index (χ3n) is 7.34. The Hall–Kier alpha value is -3.55. The van der Waals surface area contributed by atoms with Crippen LogP contribution in [0.15, 0.2) is 53.6 Å². The van der Waals surface area contributed by atoms with Gasteiger partial charge in [-0.3, -0.25) is 0 Å². The SMILES string of the molecule is CC(C)N(C(=O)O)[C@H]1CC[C@H](c2ncc(-c3ccc(NC(=O)NCc4ccc(F)cc4)cc3S(=O)(=O)NC(C)(C)C)s2)CC1. The molecule has 0 aliphatic heterocycles. The summed E-state index contributed by atoms with van der Waals surface area (Å²) in [6.45, 7) is 9.19. The number of carboxylic acid groups (broad SMARTS) is 1. The van der Waals surface area contributed by atoms with Crippen LogP contribution >= 0.6 is 11.3 Å². The number of halogens is 1. The number of benzene rings is 2. The molecule has 0 radical (unpaired) electrons. The Labute approximate surface area is 262 Å². The van der Waals surface area contributed by atoms with Crippen molar-refractivity contribution in [3.8, 4) is 10.4 Å². The minimum atomic E-state index is -4.00. The molecule has 1 heterocycles. The monoisotopic (exact) mass is 645 g/mol. The average molecular weight is 646 g/mol. The Morgan fingerprint density at radius 1 is 1.09 bits per heavy atom. The molecule has 0 unspecified atom stereocenters. The summed E-state index contributed by atoms with van der Waals surface area (Å²) in [6.07, 6.45) is 3.84. The second kappa shape index (κ2) is 13.6. The molecule has 4 N–H and O–H groups in total. The highest BCUT2D eigenvalue weighted by Gasteiger charge is 2.32. The molecule has 1 fully saturated rings. The lowest BCUT2D eigenvalue weighted by Crippen LogP contribution is -2.45. The van der Waals surface area contributed by atoms with E-state index in [-0.39, 0.29) is 40.9 Å². The van der Waals surface area contributed by atoms with Crippen molar-refractivity contribution < 1.29 is 27.5 Å². The largest absolute Gasteiger partial charge is 0.465 e. The van der Waals surface area contributed by atoms with E-state index in [1.54, 1.807) is 51.2 Å². The average Bonchev–Trinajstić information content (AvgIpc) is 3.42. The van der Waals surface area contributed by atoms with E-state index in [2.05, 4.69) is 20.3 Å². The van der Waals surface area contributed by atoms with Gasteiger partial charge in [-0.1, -0.05) is 18.2 Å². The molecule has 44 heavy (non-hydrogen) atoms. The summed E-state index contributed by atoms with van der Waals surface area (Å²) < 4.78 is 43.1. The highest BCUT2D eigenvalue weighted by molar-refractivity contribution is 7.89. The van der Waals surface area contributed by atoms with Crippen LogP contribution in [-0.2, 0) is 16.6 Å². The van der Waals surface area contributed by atoms with E-state index in [0.29, 0.717) is 16.0 Å². The van der Waals surface area contributed by atoms with Gasteiger partial charge in [-0.2, -0.15) is 0 Å². The van der Waals surface area contributed by atoms with E-state index >= 15 is 0 Å². The van der Waals surface area contributed by atoms with Crippen molar-refractivity contribution in [1.29, 1.82) is 0 Å². The number of carbonyl (C=O) groups is 2. The molecular formula is C31H40FN5O5S2. The van der Waals surface area contributed by atoms with E-state index in [9.17, 15) is 27.5 Å². The number of aromatic nitrogens is 1. The van der Waals surface area contributed by atoms with Crippen LogP contribution in [0.5, 0.6) is 0 Å². The summed E-state index contributed by atoms with van der Waals surface area (Å²) >= 11 is 1.43. The summed E-state index contributed by atoms with van der Waals surface area (Å²) in [5.41, 5.74) is 0.718. The smallest absolute Gasteiger partial charge is 0.407 e. The number of carbonyl (C=O) groups excluding carboxylic acids is 1. The first-order valence-corrected chi connectivity index (χ1v) is 16.9. The lowest BCUT2D eigenvalue weighted by atomic mass is 9.85. The number of thiazole rings is 1. The van der Waals surface area contributed by atoms with Gasteiger partial charge in [-0.25, -0.2) is 32.1 Å². The van der Waals surface area contributed by atoms with Crippen molar-refractivity contribution in [2.75, 3.05) is 5.32 Å². The Morgan fingerprint density at radius 3 is 2.34 bits per heavy atom. The molecule has 0 spiro atoms. The number of rotatable bonds is 9. The van der Waals surface area contributed by atoms with Crippen LogP contribution in [0.1, 0.15) is 76.8 Å². The Balaban J connectivity index is 1.54. The highest BCUT2D eigenvalue weighted by atomic mass is 32.2. The normalized spacial score (nSPS) is 17.3. The van der Waals surface area contributed by atoms with Crippen LogP contribution in [-0.4, -0.2) is 53.2 Å². The van der Waals surface area contributed by atoms with Gasteiger partial charge in [0.25, 0.3) is 0 Å². The van der Waals surface area contributed by atoms with Crippen molar-refractivity contribution in [3.05, 3.63) is 65.0 Å². The van der Waals surface area contributed by atoms with Crippen molar-refractivity contribution in [3.63, 3.8) is 0 Å². The topological polar surface area (TPSA) is 141 Å².